The van der Waals surface area contributed by atoms with Crippen molar-refractivity contribution in [2.45, 2.75) is 38.3 Å². The standard InChI is InChI=1S/C20H22ClN3O3S/c21-18-8-7-17(28-18)16(25)6-9-19(26)23-14-4-1-3-13(11-14)12-24-10-2-5-15(24)20(22)27/h1,3-4,7-8,11,15H,2,5-6,9-10,12H2,(H2,22,27)(H,23,26). The van der Waals surface area contributed by atoms with E-state index in [1.807, 2.05) is 18.2 Å². The number of likely N-dealkylation sites (tertiary alicyclic amines) is 1. The molecule has 8 heteroatoms. The molecule has 1 unspecified atom stereocenters. The fourth-order valence-electron chi connectivity index (χ4n) is 3.36. The fraction of sp³-hybridized carbons (Fsp3) is 0.350. The summed E-state index contributed by atoms with van der Waals surface area (Å²) in [4.78, 5) is 38.4. The van der Waals surface area contributed by atoms with Gasteiger partial charge in [0.25, 0.3) is 0 Å². The summed E-state index contributed by atoms with van der Waals surface area (Å²) in [6.45, 7) is 1.44. The number of nitrogens with two attached hydrogens (primary N) is 1. The lowest BCUT2D eigenvalue weighted by molar-refractivity contribution is -0.122. The second-order valence-corrected chi connectivity index (χ2v) is 8.52. The molecule has 1 saturated heterocycles. The first-order valence-electron chi connectivity index (χ1n) is 9.13. The smallest absolute Gasteiger partial charge is 0.234 e. The van der Waals surface area contributed by atoms with Gasteiger partial charge in [-0.25, -0.2) is 0 Å². The third kappa shape index (κ3) is 5.41. The van der Waals surface area contributed by atoms with Crippen LogP contribution in [0.2, 0.25) is 4.34 Å². The normalized spacial score (nSPS) is 16.8. The Morgan fingerprint density at radius 3 is 2.75 bits per heavy atom. The van der Waals surface area contributed by atoms with Crippen LogP contribution in [0.5, 0.6) is 0 Å². The van der Waals surface area contributed by atoms with Crippen LogP contribution in [-0.4, -0.2) is 35.1 Å². The number of carbonyl (C=O) groups is 3. The number of thiophene rings is 1. The van der Waals surface area contributed by atoms with Crippen LogP contribution in [0.4, 0.5) is 5.69 Å². The topological polar surface area (TPSA) is 92.5 Å². The van der Waals surface area contributed by atoms with Gasteiger partial charge in [-0.1, -0.05) is 23.7 Å². The molecule has 0 bridgehead atoms. The maximum atomic E-state index is 12.2. The fourth-order valence-corrected chi connectivity index (χ4v) is 4.37. The molecule has 0 radical (unpaired) electrons. The Morgan fingerprint density at radius 1 is 1.21 bits per heavy atom. The molecule has 2 amide bonds. The van der Waals surface area contributed by atoms with Crippen molar-refractivity contribution in [3.05, 3.63) is 51.2 Å². The summed E-state index contributed by atoms with van der Waals surface area (Å²) in [6.07, 6.45) is 1.98. The van der Waals surface area contributed by atoms with Gasteiger partial charge in [0.2, 0.25) is 11.8 Å². The average molecular weight is 420 g/mol. The monoisotopic (exact) mass is 419 g/mol. The molecule has 1 atom stereocenters. The zero-order valence-electron chi connectivity index (χ0n) is 15.3. The Bertz CT molecular complexity index is 883. The second-order valence-electron chi connectivity index (χ2n) is 6.81. The molecule has 1 aliphatic heterocycles. The number of rotatable bonds is 8. The van der Waals surface area contributed by atoms with Crippen molar-refractivity contribution in [2.75, 3.05) is 11.9 Å². The van der Waals surface area contributed by atoms with Crippen LogP contribution >= 0.6 is 22.9 Å². The third-order valence-electron chi connectivity index (χ3n) is 4.72. The molecule has 1 aromatic carbocycles. The molecule has 3 rings (SSSR count). The van der Waals surface area contributed by atoms with Gasteiger partial charge in [-0.3, -0.25) is 19.3 Å². The number of nitrogens with one attached hydrogen (secondary N) is 1. The molecule has 0 saturated carbocycles. The van der Waals surface area contributed by atoms with Gasteiger partial charge in [-0.2, -0.15) is 0 Å². The van der Waals surface area contributed by atoms with E-state index < -0.39 is 0 Å². The van der Waals surface area contributed by atoms with E-state index in [0.29, 0.717) is 21.4 Å². The molecule has 0 spiro atoms. The first kappa shape index (κ1) is 20.5. The highest BCUT2D eigenvalue weighted by atomic mass is 35.5. The van der Waals surface area contributed by atoms with Crippen molar-refractivity contribution < 1.29 is 14.4 Å². The van der Waals surface area contributed by atoms with E-state index >= 15 is 0 Å². The lowest BCUT2D eigenvalue weighted by atomic mass is 10.1. The van der Waals surface area contributed by atoms with Gasteiger partial charge in [0.05, 0.1) is 15.3 Å². The van der Waals surface area contributed by atoms with Crippen molar-refractivity contribution in [2.24, 2.45) is 5.73 Å². The molecule has 2 aromatic rings. The Hall–Kier alpha value is -2.22. The van der Waals surface area contributed by atoms with Crippen molar-refractivity contribution in [3.63, 3.8) is 0 Å². The zero-order chi connectivity index (χ0) is 20.1. The Kier molecular flexibility index (Phi) is 6.83. The maximum absolute atomic E-state index is 12.2. The molecule has 3 N–H and O–H groups in total. The quantitative estimate of drug-likeness (QED) is 0.641. The number of hydrogen-bond acceptors (Lipinski definition) is 5. The summed E-state index contributed by atoms with van der Waals surface area (Å²) in [6, 6.07) is 10.6. The summed E-state index contributed by atoms with van der Waals surface area (Å²) in [5, 5.41) is 2.83. The predicted molar refractivity (Wildman–Crippen MR) is 111 cm³/mol. The number of Topliss-reactive ketones (excluding diaryl/α,β-unsaturated/α-hetero) is 1. The van der Waals surface area contributed by atoms with Crippen LogP contribution in [-0.2, 0) is 16.1 Å². The second kappa shape index (κ2) is 9.32. The molecule has 1 aliphatic rings. The van der Waals surface area contributed by atoms with Gasteiger partial charge >= 0.3 is 0 Å². The molecule has 2 heterocycles. The van der Waals surface area contributed by atoms with Crippen molar-refractivity contribution in [1.82, 2.24) is 4.90 Å². The predicted octanol–water partition coefficient (Wildman–Crippen LogP) is 3.45. The molecule has 0 aliphatic carbocycles. The molecule has 1 fully saturated rings. The lowest BCUT2D eigenvalue weighted by Crippen LogP contribution is -2.39. The number of primary amides is 1. The summed E-state index contributed by atoms with van der Waals surface area (Å²) in [7, 11) is 0. The zero-order valence-corrected chi connectivity index (χ0v) is 16.9. The number of halogens is 1. The minimum Gasteiger partial charge on any atom is -0.368 e. The maximum Gasteiger partial charge on any atom is 0.234 e. The van der Waals surface area contributed by atoms with Gasteiger partial charge in [0.15, 0.2) is 5.78 Å². The van der Waals surface area contributed by atoms with E-state index in [1.165, 1.54) is 11.3 Å². The van der Waals surface area contributed by atoms with Crippen LogP contribution in [0.3, 0.4) is 0 Å². The molecular weight excluding hydrogens is 398 g/mol. The first-order chi connectivity index (χ1) is 13.4. The number of ketones is 1. The van der Waals surface area contributed by atoms with Crippen LogP contribution < -0.4 is 11.1 Å². The summed E-state index contributed by atoms with van der Waals surface area (Å²) < 4.78 is 0.557. The first-order valence-corrected chi connectivity index (χ1v) is 10.3. The van der Waals surface area contributed by atoms with E-state index in [4.69, 9.17) is 17.3 Å². The lowest BCUT2D eigenvalue weighted by Gasteiger charge is -2.22. The number of nitrogens with zero attached hydrogens (tertiary/aromatic N) is 1. The van der Waals surface area contributed by atoms with E-state index in [-0.39, 0.29) is 36.5 Å². The van der Waals surface area contributed by atoms with E-state index in [1.54, 1.807) is 18.2 Å². The average Bonchev–Trinajstić information content (AvgIpc) is 3.29. The summed E-state index contributed by atoms with van der Waals surface area (Å²) >= 11 is 7.05. The number of carbonyl (C=O) groups excluding carboxylic acids is 3. The Balaban J connectivity index is 1.53. The van der Waals surface area contributed by atoms with Crippen molar-refractivity contribution >= 4 is 46.2 Å². The van der Waals surface area contributed by atoms with Gasteiger partial charge < -0.3 is 11.1 Å². The SMILES string of the molecule is NC(=O)C1CCCN1Cc1cccc(NC(=O)CCC(=O)c2ccc(Cl)s2)c1. The van der Waals surface area contributed by atoms with Crippen LogP contribution in [0, 0.1) is 0 Å². The van der Waals surface area contributed by atoms with Gasteiger partial charge in [0, 0.05) is 25.1 Å². The van der Waals surface area contributed by atoms with E-state index in [2.05, 4.69) is 10.2 Å². The van der Waals surface area contributed by atoms with Crippen molar-refractivity contribution in [3.8, 4) is 0 Å². The van der Waals surface area contributed by atoms with Gasteiger partial charge in [-0.05, 0) is 49.2 Å². The number of hydrogen-bond donors (Lipinski definition) is 2. The Morgan fingerprint density at radius 2 is 2.04 bits per heavy atom. The number of anilines is 1. The molecule has 6 nitrogen and oxygen atoms in total. The summed E-state index contributed by atoms with van der Waals surface area (Å²) in [5.74, 6) is -0.602. The Labute approximate surface area is 172 Å². The van der Waals surface area contributed by atoms with Crippen LogP contribution in [0.15, 0.2) is 36.4 Å². The molecule has 28 heavy (non-hydrogen) atoms. The minimum absolute atomic E-state index is 0.0904. The highest BCUT2D eigenvalue weighted by Gasteiger charge is 2.28. The third-order valence-corrected chi connectivity index (χ3v) is 5.99. The van der Waals surface area contributed by atoms with Crippen LogP contribution in [0.1, 0.15) is 40.9 Å². The molecular formula is C20H22ClN3O3S. The minimum atomic E-state index is -0.293. The number of benzene rings is 1. The highest BCUT2D eigenvalue weighted by molar-refractivity contribution is 7.18. The van der Waals surface area contributed by atoms with Gasteiger partial charge in [-0.15, -0.1) is 11.3 Å². The largest absolute Gasteiger partial charge is 0.368 e. The summed E-state index contributed by atoms with van der Waals surface area (Å²) in [5.41, 5.74) is 7.13. The number of amides is 2. The molecule has 148 valence electrons. The van der Waals surface area contributed by atoms with E-state index in [9.17, 15) is 14.4 Å². The van der Waals surface area contributed by atoms with Gasteiger partial charge in [0.1, 0.15) is 0 Å². The van der Waals surface area contributed by atoms with Crippen LogP contribution in [0.25, 0.3) is 0 Å². The highest BCUT2D eigenvalue weighted by Crippen LogP contribution is 2.23. The molecule has 1 aromatic heterocycles. The van der Waals surface area contributed by atoms with E-state index in [0.717, 1.165) is 24.9 Å². The van der Waals surface area contributed by atoms with Crippen molar-refractivity contribution in [1.29, 1.82) is 0 Å².